The lowest BCUT2D eigenvalue weighted by molar-refractivity contribution is -0.171. The number of likely N-dealkylation sites (tertiary alicyclic amines) is 1. The maximum atomic E-state index is 11.9. The smallest absolute Gasteiger partial charge is 0.410 e. The summed E-state index contributed by atoms with van der Waals surface area (Å²) in [5, 5.41) is 1.26. The van der Waals surface area contributed by atoms with E-state index in [-0.39, 0.29) is 29.8 Å². The molecule has 1 saturated carbocycles. The van der Waals surface area contributed by atoms with E-state index in [1.807, 2.05) is 20.8 Å². The van der Waals surface area contributed by atoms with Crippen LogP contribution in [-0.2, 0) is 14.4 Å². The summed E-state index contributed by atoms with van der Waals surface area (Å²) >= 11 is 0. The third-order valence-electron chi connectivity index (χ3n) is 3.72. The van der Waals surface area contributed by atoms with Crippen molar-refractivity contribution in [1.29, 1.82) is 0 Å². The first-order valence-electron chi connectivity index (χ1n) is 6.54. The second-order valence-electron chi connectivity index (χ2n) is 6.26. The zero-order valence-corrected chi connectivity index (χ0v) is 12.2. The van der Waals surface area contributed by atoms with Gasteiger partial charge in [-0.25, -0.2) is 9.86 Å². The van der Waals surface area contributed by atoms with E-state index in [1.54, 1.807) is 11.9 Å². The van der Waals surface area contributed by atoms with Gasteiger partial charge in [0.05, 0.1) is 13.0 Å². The van der Waals surface area contributed by atoms with Crippen LogP contribution in [0.25, 0.3) is 0 Å². The third-order valence-corrected chi connectivity index (χ3v) is 3.72. The molecule has 3 atom stereocenters. The third kappa shape index (κ3) is 2.83. The van der Waals surface area contributed by atoms with Crippen LogP contribution in [0.4, 0.5) is 4.79 Å². The molecule has 19 heavy (non-hydrogen) atoms. The molecule has 2 aliphatic rings. The van der Waals surface area contributed by atoms with Crippen molar-refractivity contribution >= 4 is 12.0 Å². The van der Waals surface area contributed by atoms with Gasteiger partial charge in [-0.15, -0.1) is 0 Å². The number of piperidine rings is 1. The topological polar surface area (TPSA) is 59.1 Å². The largest absolute Gasteiger partial charge is 0.444 e. The zero-order valence-electron chi connectivity index (χ0n) is 12.2. The van der Waals surface area contributed by atoms with Crippen LogP contribution in [0.2, 0.25) is 0 Å². The molecule has 1 saturated heterocycles. The number of hydrogen-bond donors (Lipinski definition) is 0. The molecule has 2 fully saturated rings. The van der Waals surface area contributed by atoms with Gasteiger partial charge in [0.2, 0.25) is 5.91 Å². The molecule has 1 heterocycles. The zero-order chi connectivity index (χ0) is 14.4. The van der Waals surface area contributed by atoms with Gasteiger partial charge in [-0.3, -0.25) is 9.63 Å². The van der Waals surface area contributed by atoms with Crippen molar-refractivity contribution in [2.24, 2.45) is 17.8 Å². The molecule has 0 radical (unpaired) electrons. The molecule has 0 aromatic rings. The van der Waals surface area contributed by atoms with E-state index < -0.39 is 5.60 Å². The lowest BCUT2D eigenvalue weighted by atomic mass is 10.2. The van der Waals surface area contributed by atoms with E-state index in [4.69, 9.17) is 9.57 Å². The Bertz CT molecular complexity index is 379. The van der Waals surface area contributed by atoms with Crippen LogP contribution >= 0.6 is 0 Å². The molecule has 6 heteroatoms. The fourth-order valence-corrected chi connectivity index (χ4v) is 2.67. The standard InChI is InChI=1S/C13H22N2O4/c1-13(2,3)19-12(17)15-6-8-9(7-15)10(8)11(16)14(4)18-5/h8-10H,6-7H2,1-5H3/t8-,9?,10+/m1/s1. The van der Waals surface area contributed by atoms with Crippen molar-refractivity contribution < 1.29 is 19.2 Å². The molecule has 0 bridgehead atoms. The molecule has 6 nitrogen and oxygen atoms in total. The first-order chi connectivity index (χ1) is 8.74. The van der Waals surface area contributed by atoms with Gasteiger partial charge in [-0.1, -0.05) is 0 Å². The normalized spacial score (nSPS) is 28.9. The van der Waals surface area contributed by atoms with E-state index in [9.17, 15) is 9.59 Å². The molecule has 0 aromatic heterocycles. The van der Waals surface area contributed by atoms with Gasteiger partial charge in [0.25, 0.3) is 0 Å². The van der Waals surface area contributed by atoms with Crippen molar-refractivity contribution in [1.82, 2.24) is 9.96 Å². The van der Waals surface area contributed by atoms with Gasteiger partial charge in [0.1, 0.15) is 5.60 Å². The van der Waals surface area contributed by atoms with E-state index in [1.165, 1.54) is 12.2 Å². The Kier molecular flexibility index (Phi) is 3.47. The van der Waals surface area contributed by atoms with Crippen LogP contribution in [0.3, 0.4) is 0 Å². The number of fused-ring (bicyclic) bond motifs is 1. The summed E-state index contributed by atoms with van der Waals surface area (Å²) in [7, 11) is 3.09. The van der Waals surface area contributed by atoms with Gasteiger partial charge in [0.15, 0.2) is 0 Å². The van der Waals surface area contributed by atoms with Crippen molar-refractivity contribution in [2.75, 3.05) is 27.2 Å². The number of amides is 2. The minimum Gasteiger partial charge on any atom is -0.444 e. The molecule has 0 N–H and O–H groups in total. The highest BCUT2D eigenvalue weighted by Gasteiger charge is 2.61. The van der Waals surface area contributed by atoms with Gasteiger partial charge in [0, 0.05) is 20.1 Å². The number of ether oxygens (including phenoxy) is 1. The van der Waals surface area contributed by atoms with E-state index in [0.717, 1.165) is 0 Å². The van der Waals surface area contributed by atoms with Crippen molar-refractivity contribution in [3.8, 4) is 0 Å². The van der Waals surface area contributed by atoms with Crippen LogP contribution in [0.1, 0.15) is 20.8 Å². The van der Waals surface area contributed by atoms with Gasteiger partial charge < -0.3 is 9.64 Å². The Morgan fingerprint density at radius 1 is 1.21 bits per heavy atom. The molecular weight excluding hydrogens is 248 g/mol. The second kappa shape index (κ2) is 4.67. The maximum absolute atomic E-state index is 11.9. The predicted molar refractivity (Wildman–Crippen MR) is 68.1 cm³/mol. The molecule has 108 valence electrons. The lowest BCUT2D eigenvalue weighted by Crippen LogP contribution is -2.38. The quantitative estimate of drug-likeness (QED) is 0.706. The summed E-state index contributed by atoms with van der Waals surface area (Å²) in [6.45, 7) is 6.76. The second-order valence-corrected chi connectivity index (χ2v) is 6.26. The molecule has 1 aliphatic heterocycles. The first kappa shape index (κ1) is 14.1. The van der Waals surface area contributed by atoms with E-state index >= 15 is 0 Å². The Labute approximate surface area is 113 Å². The monoisotopic (exact) mass is 270 g/mol. The van der Waals surface area contributed by atoms with Crippen molar-refractivity contribution in [3.63, 3.8) is 0 Å². The number of carbonyl (C=O) groups excluding carboxylic acids is 2. The summed E-state index contributed by atoms with van der Waals surface area (Å²) in [5.74, 6) is 0.528. The van der Waals surface area contributed by atoms with Gasteiger partial charge in [-0.2, -0.15) is 0 Å². The van der Waals surface area contributed by atoms with Crippen LogP contribution in [0.15, 0.2) is 0 Å². The SMILES string of the molecule is CON(C)C(=O)[C@@H]1C2CN(C(=O)OC(C)(C)C)C[C@H]21. The number of carbonyl (C=O) groups is 2. The summed E-state index contributed by atoms with van der Waals surface area (Å²) in [6, 6.07) is 0. The highest BCUT2D eigenvalue weighted by molar-refractivity contribution is 5.82. The van der Waals surface area contributed by atoms with Crippen LogP contribution < -0.4 is 0 Å². The average molecular weight is 270 g/mol. The van der Waals surface area contributed by atoms with E-state index in [0.29, 0.717) is 13.1 Å². The average Bonchev–Trinajstić information content (AvgIpc) is 2.78. The number of nitrogens with zero attached hydrogens (tertiary/aromatic N) is 2. The summed E-state index contributed by atoms with van der Waals surface area (Å²) in [6.07, 6.45) is -0.286. The molecule has 2 amide bonds. The van der Waals surface area contributed by atoms with Gasteiger partial charge in [-0.05, 0) is 32.6 Å². The maximum Gasteiger partial charge on any atom is 0.410 e. The number of rotatable bonds is 2. The van der Waals surface area contributed by atoms with Crippen molar-refractivity contribution in [3.05, 3.63) is 0 Å². The Hall–Kier alpha value is -1.30. The lowest BCUT2D eigenvalue weighted by Gasteiger charge is -2.26. The Morgan fingerprint density at radius 2 is 1.74 bits per heavy atom. The fourth-order valence-electron chi connectivity index (χ4n) is 2.67. The van der Waals surface area contributed by atoms with Crippen LogP contribution in [0, 0.1) is 17.8 Å². The number of hydrogen-bond acceptors (Lipinski definition) is 4. The molecule has 0 aromatic carbocycles. The van der Waals surface area contributed by atoms with Gasteiger partial charge >= 0.3 is 6.09 Å². The highest BCUT2D eigenvalue weighted by atomic mass is 16.7. The van der Waals surface area contributed by atoms with Crippen LogP contribution in [-0.4, -0.2) is 54.8 Å². The minimum absolute atomic E-state index is 0.00124. The Morgan fingerprint density at radius 3 is 2.16 bits per heavy atom. The summed E-state index contributed by atoms with van der Waals surface area (Å²) < 4.78 is 5.32. The molecule has 1 unspecified atom stereocenters. The fraction of sp³-hybridized carbons (Fsp3) is 0.846. The first-order valence-corrected chi connectivity index (χ1v) is 6.54. The Balaban J connectivity index is 1.84. The van der Waals surface area contributed by atoms with Crippen LogP contribution in [0.5, 0.6) is 0 Å². The predicted octanol–water partition coefficient (Wildman–Crippen LogP) is 1.12. The van der Waals surface area contributed by atoms with E-state index in [2.05, 4.69) is 0 Å². The molecule has 2 rings (SSSR count). The summed E-state index contributed by atoms with van der Waals surface area (Å²) in [5.41, 5.74) is -0.477. The summed E-state index contributed by atoms with van der Waals surface area (Å²) in [4.78, 5) is 30.4. The number of hydroxylamine groups is 2. The molecule has 1 aliphatic carbocycles. The molecular formula is C13H22N2O4. The highest BCUT2D eigenvalue weighted by Crippen LogP contribution is 2.52. The minimum atomic E-state index is -0.477. The van der Waals surface area contributed by atoms with Crippen molar-refractivity contribution in [2.45, 2.75) is 26.4 Å². The molecule has 0 spiro atoms.